The Morgan fingerprint density at radius 2 is 2.06 bits per heavy atom. The summed E-state index contributed by atoms with van der Waals surface area (Å²) in [5.74, 6) is -0.274. The Morgan fingerprint density at radius 1 is 1.27 bits per heavy atom. The van der Waals surface area contributed by atoms with E-state index in [1.54, 1.807) is 18.3 Å². The molecule has 1 fully saturated rings. The predicted molar refractivity (Wildman–Crippen MR) is 121 cm³/mol. The van der Waals surface area contributed by atoms with Crippen LogP contribution in [0.4, 0.5) is 24.8 Å². The van der Waals surface area contributed by atoms with Crippen LogP contribution in [0.3, 0.4) is 0 Å². The molecule has 3 heterocycles. The quantitative estimate of drug-likeness (QED) is 0.433. The van der Waals surface area contributed by atoms with Crippen molar-refractivity contribution in [3.63, 3.8) is 0 Å². The number of anilines is 2. The van der Waals surface area contributed by atoms with Crippen LogP contribution in [0.5, 0.6) is 0 Å². The molecule has 0 saturated carbocycles. The van der Waals surface area contributed by atoms with E-state index in [4.69, 9.17) is 0 Å². The lowest BCUT2D eigenvalue weighted by Gasteiger charge is -2.22. The Morgan fingerprint density at radius 3 is 2.82 bits per heavy atom. The monoisotopic (exact) mass is 541 g/mol. The van der Waals surface area contributed by atoms with Gasteiger partial charge in [0, 0.05) is 47.5 Å². The van der Waals surface area contributed by atoms with Gasteiger partial charge in [0.05, 0.1) is 4.88 Å². The van der Waals surface area contributed by atoms with E-state index < -0.39 is 17.5 Å². The molecule has 0 aliphatic carbocycles. The summed E-state index contributed by atoms with van der Waals surface area (Å²) in [4.78, 5) is 24.3. The standard InChI is InChI=1S/C21H19BrF3N5O2S/c1-11-8-12(29-19-27-6-3-15(30-19)21(23,24)25)9-13(17(11)22)14-10-28-18(33-14)20(32)4-2-16(31)26-7-5-20/h3,6,8-10,32H,2,4-5,7H2,1H3,(H,26,31)(H,27,29,30)/t20-/m1/s1. The number of thiazole rings is 1. The maximum absolute atomic E-state index is 13.0. The molecule has 4 rings (SSSR count). The highest BCUT2D eigenvalue weighted by Gasteiger charge is 2.35. The number of aryl methyl sites for hydroxylation is 1. The van der Waals surface area contributed by atoms with Crippen LogP contribution in [-0.4, -0.2) is 32.5 Å². The zero-order valence-electron chi connectivity index (χ0n) is 17.3. The molecule has 1 atom stereocenters. The second-order valence-electron chi connectivity index (χ2n) is 7.70. The maximum Gasteiger partial charge on any atom is 0.433 e. The van der Waals surface area contributed by atoms with E-state index in [2.05, 4.69) is 41.5 Å². The number of aromatic nitrogens is 3. The van der Waals surface area contributed by atoms with Crippen molar-refractivity contribution in [3.05, 3.63) is 51.3 Å². The zero-order chi connectivity index (χ0) is 23.8. The summed E-state index contributed by atoms with van der Waals surface area (Å²) in [6.07, 6.45) is -1.03. The smallest absolute Gasteiger partial charge is 0.383 e. The van der Waals surface area contributed by atoms with Crippen molar-refractivity contribution in [1.29, 1.82) is 0 Å². The minimum Gasteiger partial charge on any atom is -0.383 e. The van der Waals surface area contributed by atoms with Crippen molar-refractivity contribution in [2.75, 3.05) is 11.9 Å². The number of rotatable bonds is 4. The molecule has 33 heavy (non-hydrogen) atoms. The number of hydrogen-bond acceptors (Lipinski definition) is 7. The van der Waals surface area contributed by atoms with Gasteiger partial charge >= 0.3 is 6.18 Å². The van der Waals surface area contributed by atoms with Crippen LogP contribution in [-0.2, 0) is 16.6 Å². The minimum absolute atomic E-state index is 0.100. The second-order valence-corrected chi connectivity index (χ2v) is 9.53. The van der Waals surface area contributed by atoms with Gasteiger partial charge in [0.25, 0.3) is 0 Å². The number of benzene rings is 1. The number of aliphatic hydroxyl groups is 1. The maximum atomic E-state index is 13.0. The van der Waals surface area contributed by atoms with Crippen LogP contribution in [0.2, 0.25) is 0 Å². The Balaban J connectivity index is 1.64. The van der Waals surface area contributed by atoms with Crippen LogP contribution in [0.15, 0.2) is 35.1 Å². The van der Waals surface area contributed by atoms with Gasteiger partial charge in [0.15, 0.2) is 0 Å². The third-order valence-corrected chi connectivity index (χ3v) is 7.53. The fourth-order valence-corrected chi connectivity index (χ4v) is 5.15. The van der Waals surface area contributed by atoms with E-state index in [0.717, 1.165) is 32.7 Å². The van der Waals surface area contributed by atoms with E-state index in [1.807, 2.05) is 6.92 Å². The fourth-order valence-electron chi connectivity index (χ4n) is 3.50. The normalized spacial score (nSPS) is 19.2. The Labute approximate surface area is 199 Å². The number of nitrogens with one attached hydrogen (secondary N) is 2. The van der Waals surface area contributed by atoms with Gasteiger partial charge in [-0.05, 0) is 53.0 Å². The van der Waals surface area contributed by atoms with Gasteiger partial charge in [-0.2, -0.15) is 13.2 Å². The van der Waals surface area contributed by atoms with Crippen molar-refractivity contribution in [1.82, 2.24) is 20.3 Å². The molecule has 1 aliphatic heterocycles. The van der Waals surface area contributed by atoms with Gasteiger partial charge in [0.2, 0.25) is 11.9 Å². The lowest BCUT2D eigenvalue weighted by atomic mass is 9.96. The van der Waals surface area contributed by atoms with E-state index in [9.17, 15) is 23.1 Å². The van der Waals surface area contributed by atoms with Crippen LogP contribution >= 0.6 is 27.3 Å². The Bertz CT molecular complexity index is 1200. The molecule has 3 N–H and O–H groups in total. The summed E-state index contributed by atoms with van der Waals surface area (Å²) < 4.78 is 39.7. The van der Waals surface area contributed by atoms with Crippen molar-refractivity contribution in [2.24, 2.45) is 0 Å². The molecule has 2 aromatic heterocycles. The first-order valence-electron chi connectivity index (χ1n) is 9.98. The Kier molecular flexibility index (Phi) is 6.43. The summed E-state index contributed by atoms with van der Waals surface area (Å²) in [6.45, 7) is 2.22. The molecule has 12 heteroatoms. The molecule has 3 aromatic rings. The second kappa shape index (κ2) is 8.99. The molecule has 0 unspecified atom stereocenters. The molecule has 174 valence electrons. The lowest BCUT2D eigenvalue weighted by Crippen LogP contribution is -2.27. The summed E-state index contributed by atoms with van der Waals surface area (Å²) in [7, 11) is 0. The average molecular weight is 542 g/mol. The van der Waals surface area contributed by atoms with Crippen LogP contribution in [0.25, 0.3) is 10.4 Å². The van der Waals surface area contributed by atoms with Crippen LogP contribution in [0, 0.1) is 6.92 Å². The summed E-state index contributed by atoms with van der Waals surface area (Å²) >= 11 is 4.87. The van der Waals surface area contributed by atoms with Crippen molar-refractivity contribution in [2.45, 2.75) is 38.0 Å². The number of halogens is 4. The lowest BCUT2D eigenvalue weighted by molar-refractivity contribution is -0.141. The van der Waals surface area contributed by atoms with Gasteiger partial charge in [0.1, 0.15) is 16.3 Å². The molecule has 0 radical (unpaired) electrons. The molecule has 1 aromatic carbocycles. The zero-order valence-corrected chi connectivity index (χ0v) is 19.7. The third kappa shape index (κ3) is 5.17. The first-order chi connectivity index (χ1) is 15.5. The highest BCUT2D eigenvalue weighted by Crippen LogP contribution is 2.41. The molecular formula is C21H19BrF3N5O2S. The van der Waals surface area contributed by atoms with Gasteiger partial charge in [-0.15, -0.1) is 11.3 Å². The molecule has 7 nitrogen and oxygen atoms in total. The molecule has 1 amide bonds. The number of nitrogens with zero attached hydrogens (tertiary/aromatic N) is 3. The third-order valence-electron chi connectivity index (χ3n) is 5.25. The number of carbonyl (C=O) groups excluding carboxylic acids is 1. The Hall–Kier alpha value is -2.57. The number of amides is 1. The van der Waals surface area contributed by atoms with Gasteiger partial charge in [-0.3, -0.25) is 4.79 Å². The largest absolute Gasteiger partial charge is 0.433 e. The first kappa shape index (κ1) is 23.6. The van der Waals surface area contributed by atoms with Gasteiger partial charge in [-0.1, -0.05) is 0 Å². The number of carbonyl (C=O) groups is 1. The highest BCUT2D eigenvalue weighted by molar-refractivity contribution is 9.10. The minimum atomic E-state index is -4.57. The summed E-state index contributed by atoms with van der Waals surface area (Å²) in [5.41, 5.74) is -0.154. The van der Waals surface area contributed by atoms with Crippen molar-refractivity contribution >= 4 is 44.8 Å². The number of alkyl halides is 3. The van der Waals surface area contributed by atoms with E-state index in [0.29, 0.717) is 23.7 Å². The summed E-state index contributed by atoms with van der Waals surface area (Å²) in [6, 6.07) is 4.32. The molecule has 1 saturated heterocycles. The SMILES string of the molecule is Cc1cc(Nc2nccc(C(F)(F)F)n2)cc(-c2cnc([C@]3(O)CCNC(=O)CC3)s2)c1Br. The molecular weight excluding hydrogens is 523 g/mol. The average Bonchev–Trinajstić information content (AvgIpc) is 3.18. The molecule has 0 spiro atoms. The summed E-state index contributed by atoms with van der Waals surface area (Å²) in [5, 5.41) is 17.2. The van der Waals surface area contributed by atoms with E-state index in [1.165, 1.54) is 11.3 Å². The first-order valence-corrected chi connectivity index (χ1v) is 11.6. The van der Waals surface area contributed by atoms with Crippen molar-refractivity contribution in [3.8, 4) is 10.4 Å². The fraction of sp³-hybridized carbons (Fsp3) is 0.333. The van der Waals surface area contributed by atoms with E-state index in [-0.39, 0.29) is 24.7 Å². The van der Waals surface area contributed by atoms with Crippen molar-refractivity contribution < 1.29 is 23.1 Å². The molecule has 0 bridgehead atoms. The van der Waals surface area contributed by atoms with Gasteiger partial charge < -0.3 is 15.7 Å². The van der Waals surface area contributed by atoms with Crippen LogP contribution < -0.4 is 10.6 Å². The van der Waals surface area contributed by atoms with Crippen LogP contribution in [0.1, 0.15) is 35.5 Å². The van der Waals surface area contributed by atoms with E-state index >= 15 is 0 Å². The highest BCUT2D eigenvalue weighted by atomic mass is 79.9. The predicted octanol–water partition coefficient (Wildman–Crippen LogP) is 4.92. The topological polar surface area (TPSA) is 100 Å². The molecule has 1 aliphatic rings. The van der Waals surface area contributed by atoms with Gasteiger partial charge in [-0.25, -0.2) is 15.0 Å². The number of hydrogen-bond donors (Lipinski definition) is 3.